The van der Waals surface area contributed by atoms with Crippen LogP contribution in [0.15, 0.2) is 30.5 Å². The summed E-state index contributed by atoms with van der Waals surface area (Å²) in [7, 11) is 0. The second-order valence-electron chi connectivity index (χ2n) is 6.36. The van der Waals surface area contributed by atoms with Crippen LogP contribution in [-0.2, 0) is 13.0 Å². The van der Waals surface area contributed by atoms with Crippen LogP contribution in [-0.4, -0.2) is 15.3 Å². The van der Waals surface area contributed by atoms with Crippen LogP contribution in [0.25, 0.3) is 5.69 Å². The molecule has 2 aromatic rings. The first-order valence-corrected chi connectivity index (χ1v) is 7.85. The molecule has 2 rings (SSSR count). The summed E-state index contributed by atoms with van der Waals surface area (Å²) in [6.45, 7) is 9.55. The standard InChI is InChI=1S/C17H24ClN3/c1-5-7-16-13(11-19-17(2,3)4)12-20-21(16)15-9-6-8-14(18)10-15/h6,8-10,12,19H,5,7,11H2,1-4H3. The fourth-order valence-corrected chi connectivity index (χ4v) is 2.43. The largest absolute Gasteiger partial charge is 0.308 e. The summed E-state index contributed by atoms with van der Waals surface area (Å²) >= 11 is 6.10. The highest BCUT2D eigenvalue weighted by molar-refractivity contribution is 6.30. The number of nitrogens with zero attached hydrogens (tertiary/aromatic N) is 2. The van der Waals surface area contributed by atoms with E-state index in [9.17, 15) is 0 Å². The van der Waals surface area contributed by atoms with Crippen LogP contribution >= 0.6 is 11.6 Å². The lowest BCUT2D eigenvalue weighted by molar-refractivity contribution is 0.423. The normalized spacial score (nSPS) is 11.9. The quantitative estimate of drug-likeness (QED) is 0.889. The van der Waals surface area contributed by atoms with Gasteiger partial charge in [-0.25, -0.2) is 4.68 Å². The van der Waals surface area contributed by atoms with E-state index in [4.69, 9.17) is 11.6 Å². The maximum absolute atomic E-state index is 6.10. The Morgan fingerprint density at radius 2 is 2.05 bits per heavy atom. The molecule has 0 fully saturated rings. The fraction of sp³-hybridized carbons (Fsp3) is 0.471. The van der Waals surface area contributed by atoms with Gasteiger partial charge in [-0.15, -0.1) is 0 Å². The number of rotatable bonds is 5. The Kier molecular flexibility index (Phi) is 5.07. The van der Waals surface area contributed by atoms with Gasteiger partial charge in [0.15, 0.2) is 0 Å². The molecule has 21 heavy (non-hydrogen) atoms. The third-order valence-corrected chi connectivity index (χ3v) is 3.54. The Morgan fingerprint density at radius 3 is 2.67 bits per heavy atom. The highest BCUT2D eigenvalue weighted by atomic mass is 35.5. The van der Waals surface area contributed by atoms with E-state index in [0.717, 1.165) is 30.1 Å². The Hall–Kier alpha value is -1.32. The molecule has 0 bridgehead atoms. The number of nitrogens with one attached hydrogen (secondary N) is 1. The minimum Gasteiger partial charge on any atom is -0.308 e. The molecule has 0 aliphatic heterocycles. The fourth-order valence-electron chi connectivity index (χ4n) is 2.25. The van der Waals surface area contributed by atoms with Crippen LogP contribution < -0.4 is 5.32 Å². The first kappa shape index (κ1) is 16.1. The molecule has 0 unspecified atom stereocenters. The van der Waals surface area contributed by atoms with Crippen LogP contribution in [0.3, 0.4) is 0 Å². The predicted octanol–water partition coefficient (Wildman–Crippen LogP) is 4.37. The lowest BCUT2D eigenvalue weighted by Gasteiger charge is -2.20. The van der Waals surface area contributed by atoms with Gasteiger partial charge in [0.25, 0.3) is 0 Å². The van der Waals surface area contributed by atoms with Gasteiger partial charge in [-0.05, 0) is 45.4 Å². The van der Waals surface area contributed by atoms with Gasteiger partial charge < -0.3 is 5.32 Å². The van der Waals surface area contributed by atoms with E-state index in [1.807, 2.05) is 35.1 Å². The Labute approximate surface area is 132 Å². The van der Waals surface area contributed by atoms with Gasteiger partial charge in [-0.2, -0.15) is 5.10 Å². The number of hydrogen-bond acceptors (Lipinski definition) is 2. The SMILES string of the molecule is CCCc1c(CNC(C)(C)C)cnn1-c1cccc(Cl)c1. The molecule has 1 N–H and O–H groups in total. The number of aromatic nitrogens is 2. The van der Waals surface area contributed by atoms with Crippen molar-refractivity contribution in [2.24, 2.45) is 0 Å². The Bertz CT molecular complexity index is 596. The smallest absolute Gasteiger partial charge is 0.0663 e. The van der Waals surface area contributed by atoms with Crippen LogP contribution in [0.2, 0.25) is 5.02 Å². The third-order valence-electron chi connectivity index (χ3n) is 3.30. The summed E-state index contributed by atoms with van der Waals surface area (Å²) in [4.78, 5) is 0. The zero-order valence-electron chi connectivity index (χ0n) is 13.3. The van der Waals surface area contributed by atoms with Gasteiger partial charge in [-0.3, -0.25) is 0 Å². The molecule has 0 aliphatic rings. The van der Waals surface area contributed by atoms with Crippen molar-refractivity contribution in [2.75, 3.05) is 0 Å². The third kappa shape index (κ3) is 4.32. The molecule has 0 aliphatic carbocycles. The molecule has 0 atom stereocenters. The lowest BCUT2D eigenvalue weighted by atomic mass is 10.1. The summed E-state index contributed by atoms with van der Waals surface area (Å²) in [5.74, 6) is 0. The topological polar surface area (TPSA) is 29.9 Å². The van der Waals surface area contributed by atoms with Crippen molar-refractivity contribution in [3.05, 3.63) is 46.7 Å². The average Bonchev–Trinajstić information content (AvgIpc) is 2.79. The van der Waals surface area contributed by atoms with E-state index >= 15 is 0 Å². The van der Waals surface area contributed by atoms with Crippen molar-refractivity contribution in [1.82, 2.24) is 15.1 Å². The van der Waals surface area contributed by atoms with Gasteiger partial charge >= 0.3 is 0 Å². The summed E-state index contributed by atoms with van der Waals surface area (Å²) in [5, 5.41) is 8.83. The highest BCUT2D eigenvalue weighted by Crippen LogP contribution is 2.20. The second kappa shape index (κ2) is 6.63. The van der Waals surface area contributed by atoms with Crippen molar-refractivity contribution in [3.63, 3.8) is 0 Å². The monoisotopic (exact) mass is 305 g/mol. The summed E-state index contributed by atoms with van der Waals surface area (Å²) in [6.07, 6.45) is 4.06. The van der Waals surface area contributed by atoms with E-state index in [-0.39, 0.29) is 5.54 Å². The van der Waals surface area contributed by atoms with Crippen molar-refractivity contribution in [2.45, 2.75) is 52.6 Å². The van der Waals surface area contributed by atoms with Gasteiger partial charge in [0, 0.05) is 28.4 Å². The highest BCUT2D eigenvalue weighted by Gasteiger charge is 2.15. The van der Waals surface area contributed by atoms with Gasteiger partial charge in [0.2, 0.25) is 0 Å². The molecule has 0 spiro atoms. The summed E-state index contributed by atoms with van der Waals surface area (Å²) < 4.78 is 2.01. The predicted molar refractivity (Wildman–Crippen MR) is 89.2 cm³/mol. The van der Waals surface area contributed by atoms with Crippen molar-refractivity contribution >= 4 is 11.6 Å². The molecular formula is C17H24ClN3. The molecular weight excluding hydrogens is 282 g/mol. The molecule has 0 amide bonds. The van der Waals surface area contributed by atoms with Crippen molar-refractivity contribution in [3.8, 4) is 5.69 Å². The molecule has 3 nitrogen and oxygen atoms in total. The van der Waals surface area contributed by atoms with E-state index < -0.39 is 0 Å². The average molecular weight is 306 g/mol. The number of hydrogen-bond donors (Lipinski definition) is 1. The molecule has 1 aromatic heterocycles. The number of benzene rings is 1. The Morgan fingerprint density at radius 1 is 1.29 bits per heavy atom. The Balaban J connectivity index is 2.32. The zero-order chi connectivity index (χ0) is 15.5. The maximum Gasteiger partial charge on any atom is 0.0663 e. The van der Waals surface area contributed by atoms with Gasteiger partial charge in [0.1, 0.15) is 0 Å². The van der Waals surface area contributed by atoms with Crippen molar-refractivity contribution < 1.29 is 0 Å². The minimum absolute atomic E-state index is 0.0988. The second-order valence-corrected chi connectivity index (χ2v) is 6.80. The number of halogens is 1. The lowest BCUT2D eigenvalue weighted by Crippen LogP contribution is -2.35. The molecule has 1 heterocycles. The zero-order valence-corrected chi connectivity index (χ0v) is 14.0. The minimum atomic E-state index is 0.0988. The van der Waals surface area contributed by atoms with Crippen LogP contribution in [0.4, 0.5) is 0 Å². The molecule has 1 aromatic carbocycles. The summed E-state index contributed by atoms with van der Waals surface area (Å²) in [5.41, 5.74) is 3.64. The van der Waals surface area contributed by atoms with Crippen molar-refractivity contribution in [1.29, 1.82) is 0 Å². The van der Waals surface area contributed by atoms with E-state index in [0.29, 0.717) is 0 Å². The van der Waals surface area contributed by atoms with Crippen LogP contribution in [0.1, 0.15) is 45.4 Å². The molecule has 0 saturated heterocycles. The van der Waals surface area contributed by atoms with E-state index in [2.05, 4.69) is 38.1 Å². The molecule has 0 radical (unpaired) electrons. The van der Waals surface area contributed by atoms with E-state index in [1.54, 1.807) is 0 Å². The molecule has 4 heteroatoms. The van der Waals surface area contributed by atoms with Crippen LogP contribution in [0, 0.1) is 0 Å². The van der Waals surface area contributed by atoms with Gasteiger partial charge in [-0.1, -0.05) is 31.0 Å². The first-order chi connectivity index (χ1) is 9.90. The first-order valence-electron chi connectivity index (χ1n) is 7.47. The van der Waals surface area contributed by atoms with E-state index in [1.165, 1.54) is 11.3 Å². The summed E-state index contributed by atoms with van der Waals surface area (Å²) in [6, 6.07) is 7.84. The molecule has 114 valence electrons. The molecule has 0 saturated carbocycles. The van der Waals surface area contributed by atoms with Crippen LogP contribution in [0.5, 0.6) is 0 Å². The maximum atomic E-state index is 6.10. The van der Waals surface area contributed by atoms with Gasteiger partial charge in [0.05, 0.1) is 11.9 Å².